The Morgan fingerprint density at radius 1 is 1.38 bits per heavy atom. The van der Waals surface area contributed by atoms with Gasteiger partial charge in [-0.05, 0) is 26.2 Å². The van der Waals surface area contributed by atoms with Crippen molar-refractivity contribution >= 4 is 22.4 Å². The van der Waals surface area contributed by atoms with Crippen molar-refractivity contribution in [1.29, 1.82) is 0 Å². The van der Waals surface area contributed by atoms with Crippen LogP contribution in [0.15, 0.2) is 5.38 Å². The number of carbonyl (C=O) groups is 1. The van der Waals surface area contributed by atoms with Gasteiger partial charge in [-0.15, -0.1) is 11.3 Å². The normalized spacial score (nSPS) is 12.7. The standard InChI is InChI=1S/C16H29N3OS/c1-6-19(14(5)20)16-18-15(11-21-16)10-17-13(4)9-7-8-12(2)3/h11-13,17H,6-10H2,1-5H3. The molecular weight excluding hydrogens is 282 g/mol. The summed E-state index contributed by atoms with van der Waals surface area (Å²) in [5.74, 6) is 0.832. The highest BCUT2D eigenvalue weighted by Gasteiger charge is 2.13. The van der Waals surface area contributed by atoms with Crippen molar-refractivity contribution < 1.29 is 4.79 Å². The van der Waals surface area contributed by atoms with E-state index < -0.39 is 0 Å². The van der Waals surface area contributed by atoms with Crippen molar-refractivity contribution in [3.05, 3.63) is 11.1 Å². The Balaban J connectivity index is 2.39. The van der Waals surface area contributed by atoms with Crippen molar-refractivity contribution in [2.45, 2.75) is 66.5 Å². The van der Waals surface area contributed by atoms with Gasteiger partial charge < -0.3 is 5.32 Å². The summed E-state index contributed by atoms with van der Waals surface area (Å²) in [5, 5.41) is 6.35. The predicted molar refractivity (Wildman–Crippen MR) is 90.8 cm³/mol. The van der Waals surface area contributed by atoms with Crippen LogP contribution in [0.1, 0.15) is 59.6 Å². The van der Waals surface area contributed by atoms with Gasteiger partial charge in [-0.25, -0.2) is 4.98 Å². The van der Waals surface area contributed by atoms with E-state index in [1.54, 1.807) is 11.8 Å². The average Bonchev–Trinajstić information content (AvgIpc) is 2.85. The minimum Gasteiger partial charge on any atom is -0.309 e. The quantitative estimate of drug-likeness (QED) is 0.754. The second-order valence-corrected chi connectivity index (χ2v) is 6.83. The van der Waals surface area contributed by atoms with E-state index in [-0.39, 0.29) is 5.91 Å². The summed E-state index contributed by atoms with van der Waals surface area (Å²) in [5.41, 5.74) is 1.02. The molecule has 1 heterocycles. The van der Waals surface area contributed by atoms with E-state index in [0.29, 0.717) is 12.6 Å². The average molecular weight is 311 g/mol. The maximum absolute atomic E-state index is 11.5. The summed E-state index contributed by atoms with van der Waals surface area (Å²) in [6.07, 6.45) is 3.75. The minimum atomic E-state index is 0.0495. The molecule has 4 nitrogen and oxygen atoms in total. The molecule has 120 valence electrons. The number of amides is 1. The summed E-state index contributed by atoms with van der Waals surface area (Å²) in [4.78, 5) is 17.8. The van der Waals surface area contributed by atoms with Crippen molar-refractivity contribution in [3.63, 3.8) is 0 Å². The van der Waals surface area contributed by atoms with Gasteiger partial charge in [0.1, 0.15) is 0 Å². The Hall–Kier alpha value is -0.940. The lowest BCUT2D eigenvalue weighted by molar-refractivity contribution is -0.116. The first kappa shape index (κ1) is 18.1. The fraction of sp³-hybridized carbons (Fsp3) is 0.750. The molecule has 1 N–H and O–H groups in total. The van der Waals surface area contributed by atoms with E-state index >= 15 is 0 Å². The molecule has 0 aliphatic carbocycles. The smallest absolute Gasteiger partial charge is 0.225 e. The Morgan fingerprint density at radius 3 is 2.67 bits per heavy atom. The number of hydrogen-bond acceptors (Lipinski definition) is 4. The molecule has 0 spiro atoms. The van der Waals surface area contributed by atoms with E-state index in [9.17, 15) is 4.79 Å². The first-order valence-corrected chi connectivity index (χ1v) is 8.77. The van der Waals surface area contributed by atoms with Crippen LogP contribution in [-0.2, 0) is 11.3 Å². The lowest BCUT2D eigenvalue weighted by Gasteiger charge is -2.15. The largest absolute Gasteiger partial charge is 0.309 e. The van der Waals surface area contributed by atoms with Gasteiger partial charge in [0.05, 0.1) is 5.69 Å². The molecule has 0 aromatic carbocycles. The monoisotopic (exact) mass is 311 g/mol. The Bertz CT molecular complexity index is 431. The molecule has 1 unspecified atom stereocenters. The molecule has 21 heavy (non-hydrogen) atoms. The molecule has 1 atom stereocenters. The Labute approximate surface area is 133 Å². The highest BCUT2D eigenvalue weighted by atomic mass is 32.1. The summed E-state index contributed by atoms with van der Waals surface area (Å²) in [7, 11) is 0. The molecule has 0 saturated carbocycles. The Morgan fingerprint density at radius 2 is 2.10 bits per heavy atom. The van der Waals surface area contributed by atoms with Gasteiger partial charge in [0, 0.05) is 31.4 Å². The summed E-state index contributed by atoms with van der Waals surface area (Å²) >= 11 is 1.54. The van der Waals surface area contributed by atoms with Crippen LogP contribution in [0.3, 0.4) is 0 Å². The SMILES string of the molecule is CCN(C(C)=O)c1nc(CNC(C)CCCC(C)C)cs1. The van der Waals surface area contributed by atoms with Gasteiger partial charge in [-0.1, -0.05) is 26.7 Å². The molecule has 1 rings (SSSR count). The number of rotatable bonds is 9. The molecular formula is C16H29N3OS. The van der Waals surface area contributed by atoms with Crippen LogP contribution < -0.4 is 10.2 Å². The number of anilines is 1. The number of aromatic nitrogens is 1. The van der Waals surface area contributed by atoms with Crippen LogP contribution in [0.2, 0.25) is 0 Å². The molecule has 0 bridgehead atoms. The summed E-state index contributed by atoms with van der Waals surface area (Å²) in [6, 6.07) is 0.504. The zero-order valence-corrected chi connectivity index (χ0v) is 14.8. The van der Waals surface area contributed by atoms with Gasteiger partial charge in [-0.2, -0.15) is 0 Å². The highest BCUT2D eigenvalue weighted by molar-refractivity contribution is 7.14. The van der Waals surface area contributed by atoms with E-state index in [1.165, 1.54) is 30.6 Å². The van der Waals surface area contributed by atoms with Crippen molar-refractivity contribution in [3.8, 4) is 0 Å². The topological polar surface area (TPSA) is 45.2 Å². The van der Waals surface area contributed by atoms with Crippen molar-refractivity contribution in [2.24, 2.45) is 5.92 Å². The van der Waals surface area contributed by atoms with Crippen molar-refractivity contribution in [1.82, 2.24) is 10.3 Å². The van der Waals surface area contributed by atoms with Crippen LogP contribution in [0.25, 0.3) is 0 Å². The zero-order valence-electron chi connectivity index (χ0n) is 14.0. The van der Waals surface area contributed by atoms with E-state index in [0.717, 1.165) is 23.3 Å². The maximum atomic E-state index is 11.5. The van der Waals surface area contributed by atoms with Gasteiger partial charge in [0.15, 0.2) is 5.13 Å². The number of nitrogens with zero attached hydrogens (tertiary/aromatic N) is 2. The second kappa shape index (κ2) is 9.15. The molecule has 1 aromatic rings. The number of carbonyl (C=O) groups excluding carboxylic acids is 1. The summed E-state index contributed by atoms with van der Waals surface area (Å²) in [6.45, 7) is 11.8. The third-order valence-electron chi connectivity index (χ3n) is 3.52. The highest BCUT2D eigenvalue weighted by Crippen LogP contribution is 2.20. The first-order valence-electron chi connectivity index (χ1n) is 7.89. The molecule has 0 fully saturated rings. The first-order chi connectivity index (χ1) is 9.93. The zero-order chi connectivity index (χ0) is 15.8. The molecule has 0 aliphatic rings. The molecule has 0 saturated heterocycles. The van der Waals surface area contributed by atoms with Gasteiger partial charge >= 0.3 is 0 Å². The second-order valence-electron chi connectivity index (χ2n) is 5.99. The van der Waals surface area contributed by atoms with Gasteiger partial charge in [0.2, 0.25) is 5.91 Å². The molecule has 5 heteroatoms. The molecule has 1 aromatic heterocycles. The van der Waals surface area contributed by atoms with E-state index in [2.05, 4.69) is 31.1 Å². The van der Waals surface area contributed by atoms with E-state index in [1.807, 2.05) is 12.3 Å². The van der Waals surface area contributed by atoms with Crippen LogP contribution in [0, 0.1) is 5.92 Å². The fourth-order valence-corrected chi connectivity index (χ4v) is 3.14. The lowest BCUT2D eigenvalue weighted by atomic mass is 10.0. The van der Waals surface area contributed by atoms with Crippen LogP contribution >= 0.6 is 11.3 Å². The third kappa shape index (κ3) is 6.57. The predicted octanol–water partition coefficient (Wildman–Crippen LogP) is 3.82. The maximum Gasteiger partial charge on any atom is 0.225 e. The number of thiazole rings is 1. The molecule has 1 amide bonds. The third-order valence-corrected chi connectivity index (χ3v) is 4.43. The minimum absolute atomic E-state index is 0.0495. The van der Waals surface area contributed by atoms with Crippen LogP contribution in [0.5, 0.6) is 0 Å². The fourth-order valence-electron chi connectivity index (χ4n) is 2.21. The van der Waals surface area contributed by atoms with E-state index in [4.69, 9.17) is 0 Å². The molecule has 0 radical (unpaired) electrons. The van der Waals surface area contributed by atoms with Crippen LogP contribution in [0.4, 0.5) is 5.13 Å². The van der Waals surface area contributed by atoms with Crippen molar-refractivity contribution in [2.75, 3.05) is 11.4 Å². The van der Waals surface area contributed by atoms with Gasteiger partial charge in [0.25, 0.3) is 0 Å². The summed E-state index contributed by atoms with van der Waals surface area (Å²) < 4.78 is 0. The number of nitrogens with one attached hydrogen (secondary N) is 1. The number of hydrogen-bond donors (Lipinski definition) is 1. The lowest BCUT2D eigenvalue weighted by Crippen LogP contribution is -2.28. The molecule has 0 aliphatic heterocycles. The van der Waals surface area contributed by atoms with Crippen LogP contribution in [-0.4, -0.2) is 23.5 Å². The Kier molecular flexibility index (Phi) is 7.89. The van der Waals surface area contributed by atoms with Gasteiger partial charge in [-0.3, -0.25) is 9.69 Å².